The van der Waals surface area contributed by atoms with Crippen LogP contribution in [0.1, 0.15) is 20.8 Å². The molecule has 0 unspecified atom stereocenters. The molecule has 3 rings (SSSR count). The van der Waals surface area contributed by atoms with Crippen LogP contribution < -0.4 is 0 Å². The maximum Gasteiger partial charge on any atom is -0.0771 e. The van der Waals surface area contributed by atoms with E-state index in [0.29, 0.717) is 16.4 Å². The first-order chi connectivity index (χ1) is 12.8. The van der Waals surface area contributed by atoms with Crippen molar-refractivity contribution in [3.63, 3.8) is 0 Å². The van der Waals surface area contributed by atoms with E-state index in [1.54, 1.807) is 0 Å². The first-order valence-corrected chi connectivity index (χ1v) is 16.2. The van der Waals surface area contributed by atoms with Gasteiger partial charge in [0.25, 0.3) is 0 Å². The number of fused-ring (bicyclic) bond motifs is 3. The van der Waals surface area contributed by atoms with Gasteiger partial charge in [-0.1, -0.05) is 57.2 Å². The van der Waals surface area contributed by atoms with Crippen LogP contribution in [-0.2, 0) is 25.3 Å². The fourth-order valence-electron chi connectivity index (χ4n) is 2.05. The standard InChI is InChI=1S/C13H9.C4H10N.C3H8O2Si.2ClH.Zr/c1-3-7-12-10(5-1)9-11-6-2-4-8-13(11)12;1-4(2,3)5;1-6-5-3-2-4;;;/h1-9H;5H,1-3H3;4H,2-3H2,1H3;2*1H;/q2*-1;;;;+4/p-2. The van der Waals surface area contributed by atoms with Gasteiger partial charge in [0.2, 0.25) is 9.76 Å². The third-order valence-corrected chi connectivity index (χ3v) is 3.35. The molecule has 0 heterocycles. The summed E-state index contributed by atoms with van der Waals surface area (Å²) in [7, 11) is 10.4. The van der Waals surface area contributed by atoms with Gasteiger partial charge in [-0.3, -0.25) is 0 Å². The quantitative estimate of drug-likeness (QED) is 0.249. The predicted octanol–water partition coefficient (Wildman–Crippen LogP) is 6.59. The Morgan fingerprint density at radius 2 is 1.41 bits per heavy atom. The Morgan fingerprint density at radius 1 is 1.04 bits per heavy atom. The van der Waals surface area contributed by atoms with Crippen LogP contribution in [-0.4, -0.2) is 33.6 Å². The number of benzene rings is 2. The predicted molar refractivity (Wildman–Crippen MR) is 117 cm³/mol. The molecule has 7 heteroatoms. The Balaban J connectivity index is 0.000000409. The molecule has 27 heavy (non-hydrogen) atoms. The molecule has 2 radical (unpaired) electrons. The molecule has 3 nitrogen and oxygen atoms in total. The SMILES string of the molecule is CC(C)(C)[NH-].C[Si]OCCO.[Cl][Zr+2][Cl].c1ccc2c(c1)[cH-]c1ccccc12. The molecule has 0 spiro atoms. The number of aliphatic hydroxyl groups is 1. The molecule has 0 aliphatic carbocycles. The fourth-order valence-corrected chi connectivity index (χ4v) is 2.35. The Bertz CT molecular complexity index is 687. The van der Waals surface area contributed by atoms with E-state index < -0.39 is 20.8 Å². The molecule has 3 aromatic rings. The van der Waals surface area contributed by atoms with Crippen molar-refractivity contribution in [2.75, 3.05) is 13.2 Å². The Hall–Kier alpha value is -0.130. The van der Waals surface area contributed by atoms with Crippen LogP contribution in [0.25, 0.3) is 27.3 Å². The van der Waals surface area contributed by atoms with Gasteiger partial charge in [-0.25, -0.2) is 0 Å². The zero-order valence-electron chi connectivity index (χ0n) is 16.2. The minimum atomic E-state index is -0.826. The largest absolute Gasteiger partial charge is 0.126 e. The van der Waals surface area contributed by atoms with Gasteiger partial charge in [0.1, 0.15) is 0 Å². The van der Waals surface area contributed by atoms with Crippen molar-refractivity contribution in [2.45, 2.75) is 32.9 Å². The number of halogens is 2. The molecule has 3 aromatic carbocycles. The topological polar surface area (TPSA) is 53.3 Å². The smallest absolute Gasteiger partial charge is 0.0771 e. The second-order valence-corrected chi connectivity index (χ2v) is 10.8. The summed E-state index contributed by atoms with van der Waals surface area (Å²) in [5.41, 5.74) is 6.69. The minimum Gasteiger partial charge on any atom is -0.126 e. The molecule has 0 amide bonds. The van der Waals surface area contributed by atoms with E-state index >= 15 is 0 Å². The van der Waals surface area contributed by atoms with Crippen LogP contribution in [0, 0.1) is 0 Å². The normalized spacial score (nSPS) is 9.93. The van der Waals surface area contributed by atoms with Gasteiger partial charge < -0.3 is 15.3 Å². The van der Waals surface area contributed by atoms with Crippen molar-refractivity contribution < 1.29 is 30.4 Å². The summed E-state index contributed by atoms with van der Waals surface area (Å²) in [5.74, 6) is 0. The zero-order chi connectivity index (χ0) is 20.7. The Kier molecular flexibility index (Phi) is 15.7. The van der Waals surface area contributed by atoms with Crippen molar-refractivity contribution >= 4 is 48.3 Å². The summed E-state index contributed by atoms with van der Waals surface area (Å²) in [6.07, 6.45) is 0. The summed E-state index contributed by atoms with van der Waals surface area (Å²) >= 11 is -0.826. The molecule has 0 saturated heterocycles. The van der Waals surface area contributed by atoms with Crippen LogP contribution in [0.5, 0.6) is 0 Å². The minimum absolute atomic E-state index is 0.140. The average Bonchev–Trinajstić information content (AvgIpc) is 2.98. The maximum atomic E-state index is 8.08. The molecule has 0 aromatic heterocycles. The molecule has 0 aliphatic rings. The van der Waals surface area contributed by atoms with Crippen LogP contribution >= 0.6 is 17.0 Å². The van der Waals surface area contributed by atoms with Gasteiger partial charge in [-0.05, 0) is 6.55 Å². The molecule has 0 atom stereocenters. The van der Waals surface area contributed by atoms with E-state index in [1.807, 2.05) is 27.3 Å². The van der Waals surface area contributed by atoms with E-state index in [2.05, 4.69) is 54.6 Å². The number of hydrogen-bond donors (Lipinski definition) is 1. The molecule has 0 saturated carbocycles. The van der Waals surface area contributed by atoms with Crippen molar-refractivity contribution in [3.8, 4) is 0 Å². The van der Waals surface area contributed by atoms with Crippen molar-refractivity contribution in [3.05, 3.63) is 60.3 Å². The summed E-state index contributed by atoms with van der Waals surface area (Å²) in [6.45, 7) is 8.11. The first kappa shape index (κ1) is 26.9. The third kappa shape index (κ3) is 13.6. The van der Waals surface area contributed by atoms with Crippen LogP contribution in [0.3, 0.4) is 0 Å². The van der Waals surface area contributed by atoms with Crippen molar-refractivity contribution in [2.24, 2.45) is 0 Å². The van der Waals surface area contributed by atoms with Crippen LogP contribution in [0.2, 0.25) is 6.55 Å². The van der Waals surface area contributed by atoms with Gasteiger partial charge in [0.05, 0.1) is 13.2 Å². The molecule has 0 bridgehead atoms. The van der Waals surface area contributed by atoms with Crippen molar-refractivity contribution in [1.29, 1.82) is 0 Å². The van der Waals surface area contributed by atoms with Crippen LogP contribution in [0.15, 0.2) is 54.6 Å². The molecular weight excluding hydrogens is 476 g/mol. The number of rotatable bonds is 3. The fraction of sp³-hybridized carbons (Fsp3) is 0.350. The van der Waals surface area contributed by atoms with E-state index in [1.165, 1.54) is 21.5 Å². The van der Waals surface area contributed by atoms with E-state index in [0.717, 1.165) is 0 Å². The molecule has 2 N–H and O–H groups in total. The van der Waals surface area contributed by atoms with Gasteiger partial charge in [-0.15, -0.1) is 45.3 Å². The van der Waals surface area contributed by atoms with Gasteiger partial charge >= 0.3 is 37.9 Å². The van der Waals surface area contributed by atoms with Crippen molar-refractivity contribution in [1.82, 2.24) is 0 Å². The second-order valence-electron chi connectivity index (χ2n) is 6.42. The van der Waals surface area contributed by atoms with E-state index in [-0.39, 0.29) is 12.1 Å². The second kappa shape index (κ2) is 15.8. The first-order valence-electron chi connectivity index (χ1n) is 8.42. The van der Waals surface area contributed by atoms with Crippen LogP contribution in [0.4, 0.5) is 0 Å². The monoisotopic (exact) mass is 501 g/mol. The molecule has 0 fully saturated rings. The van der Waals surface area contributed by atoms with E-state index in [4.69, 9.17) is 32.3 Å². The Morgan fingerprint density at radius 3 is 1.70 bits per heavy atom. The average molecular weight is 504 g/mol. The van der Waals surface area contributed by atoms with Gasteiger partial charge in [0.15, 0.2) is 0 Å². The third-order valence-electron chi connectivity index (χ3n) is 2.86. The molecule has 146 valence electrons. The van der Waals surface area contributed by atoms with Gasteiger partial charge in [-0.2, -0.15) is 0 Å². The number of nitrogens with one attached hydrogen (secondary N) is 1. The Labute approximate surface area is 184 Å². The summed E-state index contributed by atoms with van der Waals surface area (Å²) in [5, 5.41) is 13.5. The van der Waals surface area contributed by atoms with Gasteiger partial charge in [0, 0.05) is 0 Å². The summed E-state index contributed by atoms with van der Waals surface area (Å²) < 4.78 is 4.76. The summed E-state index contributed by atoms with van der Waals surface area (Å²) in [4.78, 5) is 0. The van der Waals surface area contributed by atoms with E-state index in [9.17, 15) is 0 Å². The maximum absolute atomic E-state index is 8.08. The number of hydrogen-bond acceptors (Lipinski definition) is 2. The molecule has 0 aliphatic heterocycles. The zero-order valence-corrected chi connectivity index (χ0v) is 21.2. The molecular formula is C20H27Cl2NO2SiZr. The number of aliphatic hydroxyl groups excluding tert-OH is 1. The summed E-state index contributed by atoms with van der Waals surface area (Å²) in [6, 6.07) is 19.3.